The fourth-order valence-corrected chi connectivity index (χ4v) is 2.14. The molecule has 1 aliphatic rings. The molecular formula is C14H24N4. The number of nitrogens with two attached hydrogens (primary N) is 1. The summed E-state index contributed by atoms with van der Waals surface area (Å²) >= 11 is 0. The molecule has 0 radical (unpaired) electrons. The van der Waals surface area contributed by atoms with E-state index in [1.165, 1.54) is 25.0 Å². The van der Waals surface area contributed by atoms with Gasteiger partial charge in [-0.1, -0.05) is 20.3 Å². The standard InChI is InChI=1S/C14H24N4/c1-10(2)14-17-9-12(16-8-4-7-15)13(18-14)11-5-3-6-11/h9-11,16H,3-8,15H2,1-2H3. The molecule has 0 saturated heterocycles. The summed E-state index contributed by atoms with van der Waals surface area (Å²) in [6, 6.07) is 0. The third kappa shape index (κ3) is 2.99. The first-order chi connectivity index (χ1) is 8.72. The summed E-state index contributed by atoms with van der Waals surface area (Å²) < 4.78 is 0. The number of aromatic nitrogens is 2. The van der Waals surface area contributed by atoms with Crippen molar-refractivity contribution in [1.82, 2.24) is 9.97 Å². The summed E-state index contributed by atoms with van der Waals surface area (Å²) in [6.07, 6.45) is 6.79. The topological polar surface area (TPSA) is 63.8 Å². The summed E-state index contributed by atoms with van der Waals surface area (Å²) in [7, 11) is 0. The number of hydrogen-bond donors (Lipinski definition) is 2. The molecule has 1 aromatic rings. The molecule has 3 N–H and O–H groups in total. The second-order valence-electron chi connectivity index (χ2n) is 5.38. The van der Waals surface area contributed by atoms with Crippen LogP contribution in [0, 0.1) is 0 Å². The van der Waals surface area contributed by atoms with Crippen LogP contribution in [0.2, 0.25) is 0 Å². The Hall–Kier alpha value is -1.16. The van der Waals surface area contributed by atoms with Crippen LogP contribution in [-0.4, -0.2) is 23.1 Å². The monoisotopic (exact) mass is 248 g/mol. The molecule has 0 aliphatic heterocycles. The Bertz CT molecular complexity index is 385. The predicted octanol–water partition coefficient (Wildman–Crippen LogP) is 2.63. The average molecular weight is 248 g/mol. The molecule has 2 rings (SSSR count). The average Bonchev–Trinajstić information content (AvgIpc) is 2.28. The molecule has 1 heterocycles. The molecule has 0 unspecified atom stereocenters. The van der Waals surface area contributed by atoms with Crippen molar-refractivity contribution in [2.45, 2.75) is 51.4 Å². The van der Waals surface area contributed by atoms with Gasteiger partial charge in [-0.15, -0.1) is 0 Å². The third-order valence-corrected chi connectivity index (χ3v) is 3.54. The minimum atomic E-state index is 0.391. The molecule has 4 heteroatoms. The summed E-state index contributed by atoms with van der Waals surface area (Å²) in [6.45, 7) is 5.90. The molecule has 100 valence electrons. The minimum absolute atomic E-state index is 0.391. The molecule has 18 heavy (non-hydrogen) atoms. The van der Waals surface area contributed by atoms with Gasteiger partial charge in [-0.25, -0.2) is 9.97 Å². The smallest absolute Gasteiger partial charge is 0.131 e. The van der Waals surface area contributed by atoms with E-state index in [0.717, 1.165) is 31.0 Å². The first-order valence-corrected chi connectivity index (χ1v) is 7.03. The van der Waals surface area contributed by atoms with Gasteiger partial charge in [0, 0.05) is 18.4 Å². The summed E-state index contributed by atoms with van der Waals surface area (Å²) in [4.78, 5) is 9.22. The second kappa shape index (κ2) is 6.14. The van der Waals surface area contributed by atoms with Gasteiger partial charge in [0.2, 0.25) is 0 Å². The fraction of sp³-hybridized carbons (Fsp3) is 0.714. The SMILES string of the molecule is CC(C)c1ncc(NCCCN)c(C2CCC2)n1. The Morgan fingerprint density at radius 1 is 1.44 bits per heavy atom. The summed E-state index contributed by atoms with van der Waals surface area (Å²) in [5.74, 6) is 1.98. The zero-order chi connectivity index (χ0) is 13.0. The molecule has 1 fully saturated rings. The van der Waals surface area contributed by atoms with Crippen LogP contribution < -0.4 is 11.1 Å². The Morgan fingerprint density at radius 2 is 2.22 bits per heavy atom. The Kier molecular flexibility index (Phi) is 4.53. The maximum Gasteiger partial charge on any atom is 0.131 e. The van der Waals surface area contributed by atoms with Crippen LogP contribution in [0.1, 0.15) is 62.9 Å². The molecule has 1 aliphatic carbocycles. The number of nitrogens with one attached hydrogen (secondary N) is 1. The summed E-state index contributed by atoms with van der Waals surface area (Å²) in [5.41, 5.74) is 7.85. The van der Waals surface area contributed by atoms with E-state index < -0.39 is 0 Å². The van der Waals surface area contributed by atoms with Gasteiger partial charge in [-0.2, -0.15) is 0 Å². The fourth-order valence-electron chi connectivity index (χ4n) is 2.14. The Labute approximate surface area is 109 Å². The van der Waals surface area contributed by atoms with E-state index in [4.69, 9.17) is 10.7 Å². The van der Waals surface area contributed by atoms with E-state index in [1.807, 2.05) is 6.20 Å². The van der Waals surface area contributed by atoms with E-state index in [0.29, 0.717) is 11.8 Å². The number of rotatable bonds is 6. The van der Waals surface area contributed by atoms with E-state index in [-0.39, 0.29) is 0 Å². The molecule has 0 amide bonds. The van der Waals surface area contributed by atoms with Crippen LogP contribution in [0.25, 0.3) is 0 Å². The van der Waals surface area contributed by atoms with Gasteiger partial charge in [-0.05, 0) is 25.8 Å². The lowest BCUT2D eigenvalue weighted by atomic mass is 9.82. The molecule has 0 atom stereocenters. The van der Waals surface area contributed by atoms with Crippen LogP contribution in [0.15, 0.2) is 6.20 Å². The Morgan fingerprint density at radius 3 is 2.78 bits per heavy atom. The highest BCUT2D eigenvalue weighted by Crippen LogP contribution is 2.38. The minimum Gasteiger partial charge on any atom is -0.382 e. The first-order valence-electron chi connectivity index (χ1n) is 7.03. The van der Waals surface area contributed by atoms with Crippen LogP contribution in [-0.2, 0) is 0 Å². The zero-order valence-corrected chi connectivity index (χ0v) is 11.4. The van der Waals surface area contributed by atoms with Crippen LogP contribution >= 0.6 is 0 Å². The highest BCUT2D eigenvalue weighted by atomic mass is 15.0. The lowest BCUT2D eigenvalue weighted by molar-refractivity contribution is 0.410. The van der Waals surface area contributed by atoms with E-state index in [1.54, 1.807) is 0 Å². The zero-order valence-electron chi connectivity index (χ0n) is 11.4. The number of anilines is 1. The van der Waals surface area contributed by atoms with E-state index in [9.17, 15) is 0 Å². The molecular weight excluding hydrogens is 224 g/mol. The molecule has 0 bridgehead atoms. The van der Waals surface area contributed by atoms with Crippen molar-refractivity contribution in [1.29, 1.82) is 0 Å². The van der Waals surface area contributed by atoms with Crippen molar-refractivity contribution < 1.29 is 0 Å². The number of hydrogen-bond acceptors (Lipinski definition) is 4. The van der Waals surface area contributed by atoms with Gasteiger partial charge in [0.15, 0.2) is 0 Å². The first kappa shape index (κ1) is 13.3. The van der Waals surface area contributed by atoms with Gasteiger partial charge in [0.05, 0.1) is 17.6 Å². The van der Waals surface area contributed by atoms with Crippen molar-refractivity contribution in [3.63, 3.8) is 0 Å². The molecule has 0 spiro atoms. The summed E-state index contributed by atoms with van der Waals surface area (Å²) in [5, 5.41) is 3.42. The van der Waals surface area contributed by atoms with Gasteiger partial charge in [-0.3, -0.25) is 0 Å². The van der Waals surface area contributed by atoms with Gasteiger partial charge in [0.25, 0.3) is 0 Å². The quantitative estimate of drug-likeness (QED) is 0.760. The van der Waals surface area contributed by atoms with Gasteiger partial charge in [0.1, 0.15) is 5.82 Å². The maximum atomic E-state index is 5.52. The van der Waals surface area contributed by atoms with Crippen LogP contribution in [0.4, 0.5) is 5.69 Å². The highest BCUT2D eigenvalue weighted by Gasteiger charge is 2.24. The molecule has 1 saturated carbocycles. The van der Waals surface area contributed by atoms with Crippen molar-refractivity contribution in [2.75, 3.05) is 18.4 Å². The van der Waals surface area contributed by atoms with Crippen molar-refractivity contribution in [3.8, 4) is 0 Å². The number of nitrogens with zero attached hydrogens (tertiary/aromatic N) is 2. The van der Waals surface area contributed by atoms with Crippen molar-refractivity contribution in [2.24, 2.45) is 5.73 Å². The van der Waals surface area contributed by atoms with Gasteiger partial charge >= 0.3 is 0 Å². The van der Waals surface area contributed by atoms with Crippen molar-refractivity contribution >= 4 is 5.69 Å². The molecule has 1 aromatic heterocycles. The van der Waals surface area contributed by atoms with Gasteiger partial charge < -0.3 is 11.1 Å². The third-order valence-electron chi connectivity index (χ3n) is 3.54. The Balaban J connectivity index is 2.15. The molecule has 0 aromatic carbocycles. The van der Waals surface area contributed by atoms with Crippen molar-refractivity contribution in [3.05, 3.63) is 17.7 Å². The molecule has 4 nitrogen and oxygen atoms in total. The maximum absolute atomic E-state index is 5.52. The highest BCUT2D eigenvalue weighted by molar-refractivity contribution is 5.48. The van der Waals surface area contributed by atoms with Crippen LogP contribution in [0.5, 0.6) is 0 Å². The predicted molar refractivity (Wildman–Crippen MR) is 74.9 cm³/mol. The lowest BCUT2D eigenvalue weighted by Crippen LogP contribution is -2.17. The van der Waals surface area contributed by atoms with E-state index in [2.05, 4.69) is 24.1 Å². The second-order valence-corrected chi connectivity index (χ2v) is 5.38. The van der Waals surface area contributed by atoms with E-state index >= 15 is 0 Å². The lowest BCUT2D eigenvalue weighted by Gasteiger charge is -2.27. The largest absolute Gasteiger partial charge is 0.382 e. The normalized spacial score (nSPS) is 15.8. The van der Waals surface area contributed by atoms with Crippen LogP contribution in [0.3, 0.4) is 0 Å².